The molecule has 2 aromatic heterocycles. The van der Waals surface area contributed by atoms with E-state index in [9.17, 15) is 0 Å². The molecule has 0 saturated carbocycles. The molecule has 5 rings (SSSR count). The highest BCUT2D eigenvalue weighted by atomic mass is 28.3. The second kappa shape index (κ2) is 5.26. The van der Waals surface area contributed by atoms with Crippen molar-refractivity contribution in [2.45, 2.75) is 38.9 Å². The van der Waals surface area contributed by atoms with Crippen molar-refractivity contribution >= 4 is 35.1 Å². The Morgan fingerprint density at radius 1 is 0.852 bits per heavy atom. The fourth-order valence-electron chi connectivity index (χ4n) is 4.60. The second-order valence-corrected chi connectivity index (χ2v) is 14.2. The number of hydrogen-bond acceptors (Lipinski definition) is 2. The van der Waals surface area contributed by atoms with Gasteiger partial charge in [0.05, 0.1) is 24.8 Å². The average Bonchev–Trinajstić information content (AvgIpc) is 2.63. The molecular weight excluding hydrogens is 344 g/mol. The third kappa shape index (κ3) is 2.24. The van der Waals surface area contributed by atoms with E-state index >= 15 is 0 Å². The molecule has 0 saturated heterocycles. The molecule has 2 nitrogen and oxygen atoms in total. The van der Waals surface area contributed by atoms with Gasteiger partial charge in [-0.1, -0.05) is 62.9 Å². The molecule has 1 aliphatic carbocycles. The van der Waals surface area contributed by atoms with Crippen molar-refractivity contribution in [3.8, 4) is 11.3 Å². The summed E-state index contributed by atoms with van der Waals surface area (Å²) in [5.41, 5.74) is 7.07. The maximum absolute atomic E-state index is 5.20. The Morgan fingerprint density at radius 3 is 2.37 bits per heavy atom. The van der Waals surface area contributed by atoms with Crippen molar-refractivity contribution < 1.29 is 0 Å². The lowest BCUT2D eigenvalue weighted by Crippen LogP contribution is -2.38. The first-order valence-corrected chi connectivity index (χ1v) is 13.1. The van der Waals surface area contributed by atoms with Crippen LogP contribution in [-0.4, -0.2) is 18.0 Å². The van der Waals surface area contributed by atoms with E-state index in [2.05, 4.69) is 87.0 Å². The van der Waals surface area contributed by atoms with Crippen molar-refractivity contribution in [1.82, 2.24) is 9.97 Å². The van der Waals surface area contributed by atoms with E-state index in [1.807, 2.05) is 6.20 Å². The van der Waals surface area contributed by atoms with Gasteiger partial charge in [-0.05, 0) is 40.8 Å². The molecule has 27 heavy (non-hydrogen) atoms. The second-order valence-electron chi connectivity index (χ2n) is 9.19. The van der Waals surface area contributed by atoms with Crippen LogP contribution < -0.4 is 5.19 Å². The predicted octanol–water partition coefficient (Wildman–Crippen LogP) is 5.63. The number of pyridine rings is 2. The first kappa shape index (κ1) is 16.6. The summed E-state index contributed by atoms with van der Waals surface area (Å²) in [6.45, 7) is 11.9. The van der Waals surface area contributed by atoms with Crippen molar-refractivity contribution in [1.29, 1.82) is 0 Å². The van der Waals surface area contributed by atoms with Crippen LogP contribution in [0.2, 0.25) is 19.6 Å². The van der Waals surface area contributed by atoms with Gasteiger partial charge >= 0.3 is 0 Å². The molecule has 0 radical (unpaired) electrons. The van der Waals surface area contributed by atoms with Crippen LogP contribution in [0.1, 0.15) is 25.0 Å². The SMILES string of the molecule is CC1(C)c2cc3c([Si](C)(C)C)cccc3nc2-c2ccnc3cccc1c23. The van der Waals surface area contributed by atoms with Gasteiger partial charge in [0.2, 0.25) is 0 Å². The minimum atomic E-state index is -1.46. The molecule has 1 aliphatic rings. The van der Waals surface area contributed by atoms with Gasteiger partial charge < -0.3 is 0 Å². The summed E-state index contributed by atoms with van der Waals surface area (Å²) >= 11 is 0. The smallest absolute Gasteiger partial charge is 0.0784 e. The molecule has 0 fully saturated rings. The van der Waals surface area contributed by atoms with Gasteiger partial charge in [-0.15, -0.1) is 0 Å². The maximum atomic E-state index is 5.20. The maximum Gasteiger partial charge on any atom is 0.0784 e. The molecule has 2 heterocycles. The summed E-state index contributed by atoms with van der Waals surface area (Å²) in [5.74, 6) is 0. The van der Waals surface area contributed by atoms with Crippen LogP contribution in [0.5, 0.6) is 0 Å². The van der Waals surface area contributed by atoms with E-state index in [0.717, 1.165) is 16.7 Å². The van der Waals surface area contributed by atoms with Gasteiger partial charge in [-0.2, -0.15) is 0 Å². The Balaban J connectivity index is 1.96. The highest BCUT2D eigenvalue weighted by Crippen LogP contribution is 2.47. The molecule has 0 N–H and O–H groups in total. The van der Waals surface area contributed by atoms with E-state index in [0.29, 0.717) is 0 Å². The lowest BCUT2D eigenvalue weighted by molar-refractivity contribution is 0.643. The van der Waals surface area contributed by atoms with Crippen LogP contribution in [0.3, 0.4) is 0 Å². The quantitative estimate of drug-likeness (QED) is 0.407. The van der Waals surface area contributed by atoms with Gasteiger partial charge in [0.25, 0.3) is 0 Å². The molecule has 4 aromatic rings. The van der Waals surface area contributed by atoms with Crippen LogP contribution >= 0.6 is 0 Å². The number of hydrogen-bond donors (Lipinski definition) is 0. The van der Waals surface area contributed by atoms with Gasteiger partial charge in [0.1, 0.15) is 0 Å². The van der Waals surface area contributed by atoms with Crippen molar-refractivity contribution in [3.63, 3.8) is 0 Å². The van der Waals surface area contributed by atoms with Gasteiger partial charge in [0.15, 0.2) is 0 Å². The summed E-state index contributed by atoms with van der Waals surface area (Å²) in [5, 5.41) is 4.07. The van der Waals surface area contributed by atoms with Gasteiger partial charge in [-0.25, -0.2) is 4.98 Å². The summed E-state index contributed by atoms with van der Waals surface area (Å²) in [6.07, 6.45) is 1.91. The fourth-order valence-corrected chi connectivity index (χ4v) is 6.21. The summed E-state index contributed by atoms with van der Waals surface area (Å²) in [6, 6.07) is 17.7. The van der Waals surface area contributed by atoms with E-state index < -0.39 is 8.07 Å². The highest BCUT2D eigenvalue weighted by molar-refractivity contribution is 6.90. The molecule has 0 bridgehead atoms. The molecule has 0 aliphatic heterocycles. The topological polar surface area (TPSA) is 25.8 Å². The van der Waals surface area contributed by atoms with Crippen LogP contribution in [0.4, 0.5) is 0 Å². The Kier molecular flexibility index (Phi) is 3.24. The molecule has 134 valence electrons. The van der Waals surface area contributed by atoms with E-state index in [1.54, 1.807) is 0 Å². The molecule has 2 aromatic carbocycles. The number of nitrogens with zero attached hydrogens (tertiary/aromatic N) is 2. The van der Waals surface area contributed by atoms with Crippen molar-refractivity contribution in [2.24, 2.45) is 0 Å². The summed E-state index contributed by atoms with van der Waals surface area (Å²) < 4.78 is 0. The zero-order valence-corrected chi connectivity index (χ0v) is 17.6. The van der Waals surface area contributed by atoms with Crippen LogP contribution in [0, 0.1) is 0 Å². The van der Waals surface area contributed by atoms with Crippen LogP contribution in [-0.2, 0) is 5.41 Å². The number of fused-ring (bicyclic) bond motifs is 3. The number of benzene rings is 2. The third-order valence-electron chi connectivity index (χ3n) is 6.04. The highest BCUT2D eigenvalue weighted by Gasteiger charge is 2.35. The average molecular weight is 369 g/mol. The molecule has 0 amide bonds. The first-order valence-electron chi connectivity index (χ1n) is 9.62. The fraction of sp³-hybridized carbons (Fsp3) is 0.250. The lowest BCUT2D eigenvalue weighted by atomic mass is 9.70. The number of aromatic nitrogens is 2. The van der Waals surface area contributed by atoms with Crippen LogP contribution in [0.15, 0.2) is 54.7 Å². The monoisotopic (exact) mass is 368 g/mol. The molecular formula is C24H24N2Si. The first-order chi connectivity index (χ1) is 12.8. The van der Waals surface area contributed by atoms with E-state index in [1.165, 1.54) is 32.6 Å². The molecule has 0 atom stereocenters. The Hall–Kier alpha value is -2.52. The Morgan fingerprint density at radius 2 is 1.59 bits per heavy atom. The van der Waals surface area contributed by atoms with Gasteiger partial charge in [0, 0.05) is 22.6 Å². The summed E-state index contributed by atoms with van der Waals surface area (Å²) in [7, 11) is -1.46. The van der Waals surface area contributed by atoms with E-state index in [4.69, 9.17) is 4.98 Å². The lowest BCUT2D eigenvalue weighted by Gasteiger charge is -2.34. The molecule has 0 spiro atoms. The zero-order chi connectivity index (χ0) is 19.0. The molecule has 0 unspecified atom stereocenters. The minimum absolute atomic E-state index is 0.0986. The minimum Gasteiger partial charge on any atom is -0.256 e. The van der Waals surface area contributed by atoms with Crippen molar-refractivity contribution in [2.75, 3.05) is 0 Å². The zero-order valence-electron chi connectivity index (χ0n) is 16.6. The standard InChI is InChI=1S/C24H24N2Si/c1-24(2)17-8-6-10-20-22(17)15(12-13-25-20)23-18(24)14-16-19(26-23)9-7-11-21(16)27(3,4)5/h6-14H,1-5H3. The molecule has 3 heteroatoms. The summed E-state index contributed by atoms with van der Waals surface area (Å²) in [4.78, 5) is 9.81. The van der Waals surface area contributed by atoms with E-state index in [-0.39, 0.29) is 5.41 Å². The number of rotatable bonds is 1. The Labute approximate surface area is 161 Å². The van der Waals surface area contributed by atoms with Crippen LogP contribution in [0.25, 0.3) is 33.1 Å². The largest absolute Gasteiger partial charge is 0.256 e. The Bertz CT molecular complexity index is 1230. The van der Waals surface area contributed by atoms with Crippen molar-refractivity contribution in [3.05, 3.63) is 65.9 Å². The normalized spacial score (nSPS) is 15.1. The predicted molar refractivity (Wildman–Crippen MR) is 118 cm³/mol. The van der Waals surface area contributed by atoms with Gasteiger partial charge in [-0.3, -0.25) is 4.98 Å². The third-order valence-corrected chi connectivity index (χ3v) is 8.09.